The Bertz CT molecular complexity index is 961. The summed E-state index contributed by atoms with van der Waals surface area (Å²) in [6.07, 6.45) is 19.7. The zero-order chi connectivity index (χ0) is 26.6. The molecule has 37 heavy (non-hydrogen) atoms. The summed E-state index contributed by atoms with van der Waals surface area (Å²) in [4.78, 5) is 23.8. The molecule has 2 atom stereocenters. The third-order valence-electron chi connectivity index (χ3n) is 6.17. The number of halogens is 1. The van der Waals surface area contributed by atoms with Crippen LogP contribution in [0.2, 0.25) is 5.02 Å². The predicted molar refractivity (Wildman–Crippen MR) is 149 cm³/mol. The summed E-state index contributed by atoms with van der Waals surface area (Å²) in [5, 5.41) is 2.98. The molecule has 0 aliphatic heterocycles. The highest BCUT2D eigenvalue weighted by atomic mass is 35.5. The number of carbonyl (C=O) groups is 1. The molecule has 200 valence electrons. The Morgan fingerprint density at radius 3 is 2.59 bits per heavy atom. The lowest BCUT2D eigenvalue weighted by atomic mass is 9.92. The minimum absolute atomic E-state index is 0.116. The van der Waals surface area contributed by atoms with Crippen LogP contribution in [0.4, 0.5) is 0 Å². The maximum atomic E-state index is 9.93. The Labute approximate surface area is 225 Å². The van der Waals surface area contributed by atoms with Gasteiger partial charge in [0, 0.05) is 5.02 Å². The number of hydrogen-bond acceptors (Lipinski definition) is 6. The van der Waals surface area contributed by atoms with Crippen LogP contribution in [0.1, 0.15) is 63.9 Å². The lowest BCUT2D eigenvalue weighted by Gasteiger charge is -2.14. The van der Waals surface area contributed by atoms with E-state index >= 15 is 0 Å². The predicted octanol–water partition coefficient (Wildman–Crippen LogP) is 8.64. The van der Waals surface area contributed by atoms with Gasteiger partial charge in [0.05, 0.1) is 6.61 Å². The molecule has 0 radical (unpaired) electrons. The van der Waals surface area contributed by atoms with E-state index in [0.29, 0.717) is 18.8 Å². The second kappa shape index (κ2) is 19.1. The van der Waals surface area contributed by atoms with Crippen LogP contribution in [0.25, 0.3) is 0 Å². The first-order chi connectivity index (χ1) is 18.2. The van der Waals surface area contributed by atoms with Gasteiger partial charge < -0.3 is 14.3 Å². The average molecular weight is 528 g/mol. The molecule has 0 bridgehead atoms. The Kier molecular flexibility index (Phi) is 15.5. The Hall–Kier alpha value is -3.12. The van der Waals surface area contributed by atoms with Gasteiger partial charge in [-0.15, -0.1) is 4.91 Å². The van der Waals surface area contributed by atoms with Crippen LogP contribution < -0.4 is 9.47 Å². The molecule has 0 saturated heterocycles. The van der Waals surface area contributed by atoms with Crippen molar-refractivity contribution in [1.82, 2.24) is 0 Å². The molecule has 0 aromatic heterocycles. The standard InChI is InChI=1S/C22H31ClO.C8H7NO4/c1-2-3-4-5-6-11-19-13-9-14-20(19)12-7-8-17-24-22-16-10-15-21(23)18-22;10-6-12-8-3-1-7(2-4-8)5-13-9-11/h5-7,10,12,15-16,18-20H,2-4,8-9,11,13-14,17H2,1H3;1-4,6H,5H2/b6-5-,12-7+;/t19-,20?;/m0./s1. The maximum Gasteiger partial charge on any atom is 0.298 e. The number of carbonyl (C=O) groups excluding carboxylic acids is 1. The van der Waals surface area contributed by atoms with E-state index in [4.69, 9.17) is 16.3 Å². The first kappa shape index (κ1) is 30.1. The molecule has 3 rings (SSSR count). The molecular formula is C30H38ClNO5. The number of nitrogens with zero attached hydrogens (tertiary/aromatic N) is 1. The van der Waals surface area contributed by atoms with Gasteiger partial charge in [-0.25, -0.2) is 0 Å². The van der Waals surface area contributed by atoms with E-state index in [1.165, 1.54) is 44.9 Å². The van der Waals surface area contributed by atoms with Crippen molar-refractivity contribution in [2.45, 2.75) is 64.9 Å². The van der Waals surface area contributed by atoms with Crippen LogP contribution in [0, 0.1) is 16.7 Å². The van der Waals surface area contributed by atoms with Crippen molar-refractivity contribution in [2.24, 2.45) is 17.2 Å². The average Bonchev–Trinajstić information content (AvgIpc) is 3.36. The second-order valence-corrected chi connectivity index (χ2v) is 9.37. The maximum absolute atomic E-state index is 9.93. The van der Waals surface area contributed by atoms with Crippen LogP contribution in [-0.2, 0) is 16.2 Å². The summed E-state index contributed by atoms with van der Waals surface area (Å²) in [5.74, 6) is 2.89. The van der Waals surface area contributed by atoms with Crippen molar-refractivity contribution >= 4 is 18.1 Å². The van der Waals surface area contributed by atoms with Gasteiger partial charge in [0.15, 0.2) is 5.34 Å². The first-order valence-corrected chi connectivity index (χ1v) is 13.4. The summed E-state index contributed by atoms with van der Waals surface area (Å²) in [7, 11) is 0. The molecule has 7 heteroatoms. The molecular weight excluding hydrogens is 490 g/mol. The van der Waals surface area contributed by atoms with E-state index in [-0.39, 0.29) is 6.61 Å². The van der Waals surface area contributed by atoms with Crippen LogP contribution in [0.15, 0.2) is 78.2 Å². The second-order valence-electron chi connectivity index (χ2n) is 8.93. The fourth-order valence-corrected chi connectivity index (χ4v) is 4.40. The zero-order valence-corrected chi connectivity index (χ0v) is 22.4. The van der Waals surface area contributed by atoms with Gasteiger partial charge in [-0.05, 0) is 79.8 Å². The Morgan fingerprint density at radius 1 is 1.03 bits per heavy atom. The van der Waals surface area contributed by atoms with Gasteiger partial charge in [0.25, 0.3) is 6.47 Å². The molecule has 6 nitrogen and oxygen atoms in total. The lowest BCUT2D eigenvalue weighted by Crippen LogP contribution is -2.04. The van der Waals surface area contributed by atoms with Crippen LogP contribution in [0.3, 0.4) is 0 Å². The largest absolute Gasteiger partial charge is 0.493 e. The lowest BCUT2D eigenvalue weighted by molar-refractivity contribution is -0.120. The first-order valence-electron chi connectivity index (χ1n) is 13.0. The van der Waals surface area contributed by atoms with Crippen LogP contribution in [0.5, 0.6) is 11.5 Å². The quantitative estimate of drug-likeness (QED) is 0.0761. The smallest absolute Gasteiger partial charge is 0.298 e. The number of ether oxygens (including phenoxy) is 2. The fraction of sp³-hybridized carbons (Fsp3) is 0.433. The molecule has 1 aliphatic carbocycles. The molecule has 0 N–H and O–H groups in total. The molecule has 1 unspecified atom stereocenters. The third kappa shape index (κ3) is 13.1. The Morgan fingerprint density at radius 2 is 1.86 bits per heavy atom. The van der Waals surface area contributed by atoms with Gasteiger partial charge in [0.1, 0.15) is 18.1 Å². The van der Waals surface area contributed by atoms with E-state index in [1.807, 2.05) is 24.3 Å². The molecule has 1 fully saturated rings. The van der Waals surface area contributed by atoms with E-state index in [1.54, 1.807) is 24.3 Å². The van der Waals surface area contributed by atoms with E-state index < -0.39 is 0 Å². The summed E-state index contributed by atoms with van der Waals surface area (Å²) < 4.78 is 10.3. The van der Waals surface area contributed by atoms with Gasteiger partial charge in [-0.1, -0.05) is 80.3 Å². The van der Waals surface area contributed by atoms with Crippen molar-refractivity contribution in [3.8, 4) is 11.5 Å². The SMILES string of the molecule is CCCC/C=C\C[C@H]1CCCC1/C=C/CCOc1cccc(Cl)c1.O=COc1ccc(CON=O)cc1. The summed E-state index contributed by atoms with van der Waals surface area (Å²) >= 11 is 5.96. The van der Waals surface area contributed by atoms with Crippen LogP contribution in [-0.4, -0.2) is 13.1 Å². The minimum Gasteiger partial charge on any atom is -0.493 e. The van der Waals surface area contributed by atoms with Gasteiger partial charge in [0.2, 0.25) is 0 Å². The monoisotopic (exact) mass is 527 g/mol. The Balaban J connectivity index is 0.000000312. The molecule has 0 spiro atoms. The van der Waals surface area contributed by atoms with Gasteiger partial charge in [-0.3, -0.25) is 4.79 Å². The highest BCUT2D eigenvalue weighted by Gasteiger charge is 2.23. The highest BCUT2D eigenvalue weighted by Crippen LogP contribution is 2.35. The summed E-state index contributed by atoms with van der Waals surface area (Å²) in [5.41, 5.74) is 0.776. The van der Waals surface area contributed by atoms with Crippen molar-refractivity contribution in [3.63, 3.8) is 0 Å². The minimum atomic E-state index is 0.116. The fourth-order valence-electron chi connectivity index (χ4n) is 4.22. The molecule has 2 aromatic rings. The highest BCUT2D eigenvalue weighted by molar-refractivity contribution is 6.30. The van der Waals surface area contributed by atoms with E-state index in [9.17, 15) is 9.70 Å². The number of allylic oxidation sites excluding steroid dienone is 3. The summed E-state index contributed by atoms with van der Waals surface area (Å²) in [6, 6.07) is 14.1. The third-order valence-corrected chi connectivity index (χ3v) is 6.41. The van der Waals surface area contributed by atoms with Crippen LogP contribution >= 0.6 is 11.6 Å². The van der Waals surface area contributed by atoms with E-state index in [0.717, 1.165) is 34.6 Å². The zero-order valence-electron chi connectivity index (χ0n) is 21.6. The van der Waals surface area contributed by atoms with Gasteiger partial charge in [-0.2, -0.15) is 0 Å². The summed E-state index contributed by atoms with van der Waals surface area (Å²) in [6.45, 7) is 3.43. The topological polar surface area (TPSA) is 74.2 Å². The molecule has 1 saturated carbocycles. The number of benzene rings is 2. The van der Waals surface area contributed by atoms with Crippen molar-refractivity contribution in [2.75, 3.05) is 6.61 Å². The molecule has 2 aromatic carbocycles. The van der Waals surface area contributed by atoms with Gasteiger partial charge >= 0.3 is 0 Å². The number of hydrogen-bond donors (Lipinski definition) is 0. The van der Waals surface area contributed by atoms with E-state index in [2.05, 4.69) is 46.1 Å². The van der Waals surface area contributed by atoms with Crippen molar-refractivity contribution < 1.29 is 19.1 Å². The number of unbranched alkanes of at least 4 members (excludes halogenated alkanes) is 2. The van der Waals surface area contributed by atoms with Crippen molar-refractivity contribution in [3.05, 3.63) is 88.3 Å². The molecule has 1 aliphatic rings. The number of rotatable bonds is 15. The molecule has 0 heterocycles. The van der Waals surface area contributed by atoms with Crippen molar-refractivity contribution in [1.29, 1.82) is 0 Å². The normalized spacial score (nSPS) is 16.8. The molecule has 0 amide bonds.